The van der Waals surface area contributed by atoms with Crippen molar-refractivity contribution in [3.8, 4) is 17.2 Å². The molecule has 8 heteroatoms. The molecule has 28 heavy (non-hydrogen) atoms. The fourth-order valence-electron chi connectivity index (χ4n) is 2.34. The summed E-state index contributed by atoms with van der Waals surface area (Å²) in [4.78, 5) is 23.6. The topological polar surface area (TPSA) is 98.2 Å². The van der Waals surface area contributed by atoms with Crippen LogP contribution in [0.5, 0.6) is 17.2 Å². The average Bonchev–Trinajstić information content (AvgIpc) is 2.73. The van der Waals surface area contributed by atoms with E-state index in [0.717, 1.165) is 16.9 Å². The first-order valence-electron chi connectivity index (χ1n) is 8.53. The Morgan fingerprint density at radius 1 is 0.929 bits per heavy atom. The zero-order chi connectivity index (χ0) is 20.4. The van der Waals surface area contributed by atoms with Gasteiger partial charge in [0, 0.05) is 6.54 Å². The van der Waals surface area contributed by atoms with Gasteiger partial charge in [-0.2, -0.15) is 5.10 Å². The van der Waals surface area contributed by atoms with Gasteiger partial charge in [-0.15, -0.1) is 0 Å². The van der Waals surface area contributed by atoms with Gasteiger partial charge in [-0.05, 0) is 53.9 Å². The number of hydrogen-bond donors (Lipinski definition) is 2. The van der Waals surface area contributed by atoms with E-state index in [1.165, 1.54) is 6.21 Å². The standard InChI is InChI=1S/C20H23N3O5/c1-26-16-7-4-15(5-8-16)13-22-23-20(25)19(24)21-11-10-14-6-9-17(27-2)18(12-14)28-3/h4-9,12-13H,10-11H2,1-3H3,(H,21,24)(H,23,25)/b22-13+. The summed E-state index contributed by atoms with van der Waals surface area (Å²) >= 11 is 0. The number of amides is 2. The maximum absolute atomic E-state index is 11.8. The van der Waals surface area contributed by atoms with Crippen molar-refractivity contribution in [3.05, 3.63) is 53.6 Å². The molecule has 0 radical (unpaired) electrons. The van der Waals surface area contributed by atoms with E-state index in [2.05, 4.69) is 15.8 Å². The van der Waals surface area contributed by atoms with Crippen LogP contribution < -0.4 is 25.0 Å². The third-order valence-electron chi connectivity index (χ3n) is 3.85. The molecule has 0 saturated carbocycles. The molecule has 0 atom stereocenters. The largest absolute Gasteiger partial charge is 0.497 e. The van der Waals surface area contributed by atoms with Crippen LogP contribution in [0.25, 0.3) is 0 Å². The van der Waals surface area contributed by atoms with Gasteiger partial charge in [-0.1, -0.05) is 6.07 Å². The van der Waals surface area contributed by atoms with Crippen LogP contribution in [0, 0.1) is 0 Å². The van der Waals surface area contributed by atoms with E-state index in [1.54, 1.807) is 51.7 Å². The van der Waals surface area contributed by atoms with Crippen LogP contribution in [0.15, 0.2) is 47.6 Å². The molecular formula is C20H23N3O5. The van der Waals surface area contributed by atoms with E-state index in [-0.39, 0.29) is 0 Å². The zero-order valence-electron chi connectivity index (χ0n) is 16.0. The van der Waals surface area contributed by atoms with Gasteiger partial charge in [0.1, 0.15) is 5.75 Å². The highest BCUT2D eigenvalue weighted by Crippen LogP contribution is 2.27. The fourth-order valence-corrected chi connectivity index (χ4v) is 2.34. The minimum atomic E-state index is -0.836. The van der Waals surface area contributed by atoms with Gasteiger partial charge in [0.05, 0.1) is 27.5 Å². The molecule has 2 aromatic carbocycles. The molecule has 2 N–H and O–H groups in total. The third kappa shape index (κ3) is 6.01. The number of hydrogen-bond acceptors (Lipinski definition) is 6. The molecule has 2 amide bonds. The lowest BCUT2D eigenvalue weighted by molar-refractivity contribution is -0.139. The highest BCUT2D eigenvalue weighted by molar-refractivity contribution is 6.35. The van der Waals surface area contributed by atoms with Crippen LogP contribution >= 0.6 is 0 Å². The number of rotatable bonds is 8. The van der Waals surface area contributed by atoms with Gasteiger partial charge in [-0.3, -0.25) is 9.59 Å². The first-order chi connectivity index (χ1) is 13.6. The van der Waals surface area contributed by atoms with Crippen LogP contribution in [-0.4, -0.2) is 45.9 Å². The number of benzene rings is 2. The van der Waals surface area contributed by atoms with E-state index < -0.39 is 11.8 Å². The Labute approximate surface area is 163 Å². The summed E-state index contributed by atoms with van der Waals surface area (Å²) in [6, 6.07) is 12.6. The van der Waals surface area contributed by atoms with E-state index in [0.29, 0.717) is 24.5 Å². The number of hydrazone groups is 1. The minimum Gasteiger partial charge on any atom is -0.497 e. The lowest BCUT2D eigenvalue weighted by Crippen LogP contribution is -2.38. The average molecular weight is 385 g/mol. The zero-order valence-corrected chi connectivity index (χ0v) is 16.0. The number of ether oxygens (including phenoxy) is 3. The first kappa shape index (κ1) is 20.8. The molecule has 0 unspecified atom stereocenters. The molecule has 0 aliphatic rings. The molecule has 0 fully saturated rings. The van der Waals surface area contributed by atoms with E-state index in [9.17, 15) is 9.59 Å². The summed E-state index contributed by atoms with van der Waals surface area (Å²) in [5.74, 6) is 0.362. The van der Waals surface area contributed by atoms with Crippen molar-refractivity contribution in [2.24, 2.45) is 5.10 Å². The second kappa shape index (κ2) is 10.6. The highest BCUT2D eigenvalue weighted by Gasteiger charge is 2.12. The number of nitrogens with one attached hydrogen (secondary N) is 2. The van der Waals surface area contributed by atoms with Gasteiger partial charge >= 0.3 is 11.8 Å². The summed E-state index contributed by atoms with van der Waals surface area (Å²) in [5.41, 5.74) is 3.89. The third-order valence-corrected chi connectivity index (χ3v) is 3.85. The van der Waals surface area contributed by atoms with Crippen molar-refractivity contribution < 1.29 is 23.8 Å². The van der Waals surface area contributed by atoms with E-state index >= 15 is 0 Å². The molecule has 0 aliphatic carbocycles. The molecule has 0 spiro atoms. The molecule has 2 rings (SSSR count). The van der Waals surface area contributed by atoms with Crippen LogP contribution in [0.1, 0.15) is 11.1 Å². The fraction of sp³-hybridized carbons (Fsp3) is 0.250. The molecule has 0 aromatic heterocycles. The Balaban J connectivity index is 1.77. The van der Waals surface area contributed by atoms with Crippen molar-refractivity contribution in [2.75, 3.05) is 27.9 Å². The minimum absolute atomic E-state index is 0.296. The Morgan fingerprint density at radius 2 is 1.64 bits per heavy atom. The molecule has 0 saturated heterocycles. The second-order valence-electron chi connectivity index (χ2n) is 5.67. The number of nitrogens with zero attached hydrogens (tertiary/aromatic N) is 1. The first-order valence-corrected chi connectivity index (χ1v) is 8.53. The number of methoxy groups -OCH3 is 3. The molecule has 0 bridgehead atoms. The second-order valence-corrected chi connectivity index (χ2v) is 5.67. The molecule has 8 nitrogen and oxygen atoms in total. The Hall–Kier alpha value is -3.55. The summed E-state index contributed by atoms with van der Waals surface area (Å²) in [5, 5.41) is 6.32. The summed E-state index contributed by atoms with van der Waals surface area (Å²) in [6.07, 6.45) is 1.97. The summed E-state index contributed by atoms with van der Waals surface area (Å²) in [6.45, 7) is 0.296. The molecule has 2 aromatic rings. The van der Waals surface area contributed by atoms with Crippen molar-refractivity contribution in [3.63, 3.8) is 0 Å². The van der Waals surface area contributed by atoms with Crippen LogP contribution in [-0.2, 0) is 16.0 Å². The van der Waals surface area contributed by atoms with Gasteiger partial charge in [0.2, 0.25) is 0 Å². The SMILES string of the molecule is COc1ccc(/C=N/NC(=O)C(=O)NCCc2ccc(OC)c(OC)c2)cc1. The quantitative estimate of drug-likeness (QED) is 0.408. The number of carbonyl (C=O) groups excluding carboxylic acids is 2. The normalized spacial score (nSPS) is 10.4. The Kier molecular flexibility index (Phi) is 7.83. The van der Waals surface area contributed by atoms with E-state index in [1.807, 2.05) is 12.1 Å². The van der Waals surface area contributed by atoms with E-state index in [4.69, 9.17) is 14.2 Å². The predicted octanol–water partition coefficient (Wildman–Crippen LogP) is 1.52. The maximum Gasteiger partial charge on any atom is 0.329 e. The van der Waals surface area contributed by atoms with Crippen molar-refractivity contribution in [2.45, 2.75) is 6.42 Å². The smallest absolute Gasteiger partial charge is 0.329 e. The molecule has 148 valence electrons. The molecular weight excluding hydrogens is 362 g/mol. The van der Waals surface area contributed by atoms with Gasteiger partial charge < -0.3 is 19.5 Å². The molecule has 0 heterocycles. The highest BCUT2D eigenvalue weighted by atomic mass is 16.5. The van der Waals surface area contributed by atoms with Gasteiger partial charge in [-0.25, -0.2) is 5.43 Å². The van der Waals surface area contributed by atoms with Crippen LogP contribution in [0.3, 0.4) is 0 Å². The van der Waals surface area contributed by atoms with Gasteiger partial charge in [0.25, 0.3) is 0 Å². The summed E-state index contributed by atoms with van der Waals surface area (Å²) < 4.78 is 15.5. The van der Waals surface area contributed by atoms with Crippen LogP contribution in [0.4, 0.5) is 0 Å². The lowest BCUT2D eigenvalue weighted by Gasteiger charge is -2.10. The number of carbonyl (C=O) groups is 2. The van der Waals surface area contributed by atoms with Crippen molar-refractivity contribution in [1.82, 2.24) is 10.7 Å². The monoisotopic (exact) mass is 385 g/mol. The van der Waals surface area contributed by atoms with Gasteiger partial charge in [0.15, 0.2) is 11.5 Å². The van der Waals surface area contributed by atoms with Crippen molar-refractivity contribution >= 4 is 18.0 Å². The molecule has 0 aliphatic heterocycles. The van der Waals surface area contributed by atoms with Crippen molar-refractivity contribution in [1.29, 1.82) is 0 Å². The Morgan fingerprint density at radius 3 is 2.29 bits per heavy atom. The van der Waals surface area contributed by atoms with Crippen LogP contribution in [0.2, 0.25) is 0 Å². The lowest BCUT2D eigenvalue weighted by atomic mass is 10.1. The summed E-state index contributed by atoms with van der Waals surface area (Å²) in [7, 11) is 4.70. The maximum atomic E-state index is 11.8. The predicted molar refractivity (Wildman–Crippen MR) is 105 cm³/mol. The Bertz CT molecular complexity index is 834.